The minimum absolute atomic E-state index is 0.305. The van der Waals surface area contributed by atoms with Crippen LogP contribution in [0.1, 0.15) is 27.7 Å². The third-order valence-electron chi connectivity index (χ3n) is 3.45. The fraction of sp³-hybridized carbons (Fsp3) is 0.667. The first-order chi connectivity index (χ1) is 13.2. The molecule has 1 unspecified atom stereocenters. The highest BCUT2D eigenvalue weighted by atomic mass is 32.2. The Morgan fingerprint density at radius 3 is 1.25 bits per heavy atom. The Bertz CT molecular complexity index is 542. The molecule has 0 saturated carbocycles. The van der Waals surface area contributed by atoms with Crippen LogP contribution in [0.15, 0.2) is 12.2 Å². The number of hydrogen-bond acceptors (Lipinski definition) is 10. The molecular formula is C18H26O8S2. The quantitative estimate of drug-likeness (QED) is 0.369. The fourth-order valence-corrected chi connectivity index (χ4v) is 4.35. The van der Waals surface area contributed by atoms with Crippen molar-refractivity contribution in [1.29, 1.82) is 0 Å². The van der Waals surface area contributed by atoms with Crippen LogP contribution in [0.5, 0.6) is 0 Å². The molecule has 0 N–H and O–H groups in total. The van der Waals surface area contributed by atoms with E-state index in [-0.39, 0.29) is 0 Å². The Kier molecular flexibility index (Phi) is 11.1. The van der Waals surface area contributed by atoms with E-state index in [1.807, 2.05) is 12.2 Å². The van der Waals surface area contributed by atoms with Gasteiger partial charge in [-0.3, -0.25) is 19.2 Å². The summed E-state index contributed by atoms with van der Waals surface area (Å²) >= 11 is 2.94. The molecule has 1 heterocycles. The zero-order valence-corrected chi connectivity index (χ0v) is 18.0. The molecule has 0 fully saturated rings. The molecule has 1 aliphatic rings. The molecule has 8 nitrogen and oxygen atoms in total. The first kappa shape index (κ1) is 24.4. The summed E-state index contributed by atoms with van der Waals surface area (Å²) in [5.74, 6) is -0.432. The van der Waals surface area contributed by atoms with Crippen LogP contribution in [-0.2, 0) is 38.1 Å². The van der Waals surface area contributed by atoms with Crippen LogP contribution in [-0.4, -0.2) is 71.3 Å². The van der Waals surface area contributed by atoms with Gasteiger partial charge in [0.1, 0.15) is 0 Å². The normalized spacial score (nSPS) is 27.3. The van der Waals surface area contributed by atoms with Crippen LogP contribution in [0.3, 0.4) is 0 Å². The molecule has 0 bridgehead atoms. The van der Waals surface area contributed by atoms with Gasteiger partial charge in [-0.1, -0.05) is 12.2 Å². The molecule has 1 rings (SSSR count). The highest BCUT2D eigenvalue weighted by Crippen LogP contribution is 2.25. The lowest BCUT2D eigenvalue weighted by Crippen LogP contribution is -2.53. The van der Waals surface area contributed by atoms with Crippen molar-refractivity contribution >= 4 is 47.4 Å². The number of thioether (sulfide) groups is 2. The van der Waals surface area contributed by atoms with Gasteiger partial charge in [0.25, 0.3) is 0 Å². The van der Waals surface area contributed by atoms with E-state index in [4.69, 9.17) is 18.9 Å². The van der Waals surface area contributed by atoms with E-state index < -0.39 is 48.3 Å². The van der Waals surface area contributed by atoms with Crippen molar-refractivity contribution in [2.45, 2.75) is 52.1 Å². The highest BCUT2D eigenvalue weighted by molar-refractivity contribution is 7.99. The summed E-state index contributed by atoms with van der Waals surface area (Å²) in [6, 6.07) is 0. The SMILES string of the molecule is CC(=O)OC1CSC/C=C/CSC[C@@H](OC(C)=O)[C@@H](OC(C)=O)[C@@H]1OC(C)=O. The second-order valence-corrected chi connectivity index (χ2v) is 8.14. The molecule has 0 spiro atoms. The van der Waals surface area contributed by atoms with Gasteiger partial charge in [0.15, 0.2) is 24.4 Å². The van der Waals surface area contributed by atoms with Gasteiger partial charge in [-0.2, -0.15) is 23.5 Å². The summed E-state index contributed by atoms with van der Waals surface area (Å²) in [4.78, 5) is 46.7. The van der Waals surface area contributed by atoms with E-state index in [0.717, 1.165) is 0 Å². The largest absolute Gasteiger partial charge is 0.458 e. The minimum Gasteiger partial charge on any atom is -0.458 e. The predicted octanol–water partition coefficient (Wildman–Crippen LogP) is 1.75. The second-order valence-electron chi connectivity index (χ2n) is 5.99. The van der Waals surface area contributed by atoms with E-state index >= 15 is 0 Å². The summed E-state index contributed by atoms with van der Waals surface area (Å²) < 4.78 is 21.6. The average Bonchev–Trinajstić information content (AvgIpc) is 2.56. The molecule has 0 aromatic rings. The van der Waals surface area contributed by atoms with Gasteiger partial charge < -0.3 is 18.9 Å². The number of esters is 4. The van der Waals surface area contributed by atoms with Gasteiger partial charge >= 0.3 is 23.9 Å². The zero-order valence-electron chi connectivity index (χ0n) is 16.4. The Hall–Kier alpha value is -1.68. The summed E-state index contributed by atoms with van der Waals surface area (Å²) in [7, 11) is 0. The highest BCUT2D eigenvalue weighted by Gasteiger charge is 2.43. The topological polar surface area (TPSA) is 105 Å². The van der Waals surface area contributed by atoms with Crippen molar-refractivity contribution < 1.29 is 38.1 Å². The van der Waals surface area contributed by atoms with Crippen LogP contribution in [0.2, 0.25) is 0 Å². The Morgan fingerprint density at radius 1 is 0.643 bits per heavy atom. The van der Waals surface area contributed by atoms with Crippen molar-refractivity contribution in [3.63, 3.8) is 0 Å². The first-order valence-corrected chi connectivity index (χ1v) is 11.0. The molecule has 0 radical (unpaired) electrons. The lowest BCUT2D eigenvalue weighted by molar-refractivity contribution is -0.194. The van der Waals surface area contributed by atoms with Gasteiger partial charge in [0.05, 0.1) is 0 Å². The summed E-state index contributed by atoms with van der Waals surface area (Å²) in [5.41, 5.74) is 0. The van der Waals surface area contributed by atoms with E-state index in [2.05, 4.69) is 0 Å². The molecule has 0 amide bonds. The maximum atomic E-state index is 11.7. The van der Waals surface area contributed by atoms with Crippen molar-refractivity contribution in [2.24, 2.45) is 0 Å². The van der Waals surface area contributed by atoms with E-state index in [9.17, 15) is 19.2 Å². The Morgan fingerprint density at radius 2 is 0.964 bits per heavy atom. The molecule has 28 heavy (non-hydrogen) atoms. The molecule has 0 aromatic heterocycles. The molecular weight excluding hydrogens is 408 g/mol. The summed E-state index contributed by atoms with van der Waals surface area (Å²) in [6.07, 6.45) is -0.0411. The Labute approximate surface area is 173 Å². The molecule has 10 heteroatoms. The Balaban J connectivity index is 3.34. The zero-order chi connectivity index (χ0) is 21.1. The molecule has 4 atom stereocenters. The van der Waals surface area contributed by atoms with E-state index in [0.29, 0.717) is 23.0 Å². The first-order valence-electron chi connectivity index (χ1n) is 8.70. The summed E-state index contributed by atoms with van der Waals surface area (Å²) in [5, 5.41) is 0. The van der Waals surface area contributed by atoms with Gasteiger partial charge in [-0.05, 0) is 0 Å². The van der Waals surface area contributed by atoms with Gasteiger partial charge in [0, 0.05) is 50.7 Å². The smallest absolute Gasteiger partial charge is 0.303 e. The van der Waals surface area contributed by atoms with Gasteiger partial charge in [-0.25, -0.2) is 0 Å². The van der Waals surface area contributed by atoms with Crippen LogP contribution in [0.4, 0.5) is 0 Å². The standard InChI is InChI=1S/C18H26O8S2/c1-11(19)23-15-9-27-7-5-6-8-28-10-16(24-12(2)20)18(26-14(4)22)17(15)25-13(3)21/h5-6,15-18H,7-10H2,1-4H3/b6-5+/t15-,16?,17-,18-/m1/s1. The second kappa shape index (κ2) is 12.7. The van der Waals surface area contributed by atoms with Crippen LogP contribution >= 0.6 is 23.5 Å². The number of carbonyl (C=O) groups excluding carboxylic acids is 4. The van der Waals surface area contributed by atoms with Gasteiger partial charge in [-0.15, -0.1) is 0 Å². The molecule has 0 aromatic carbocycles. The van der Waals surface area contributed by atoms with Crippen LogP contribution in [0.25, 0.3) is 0 Å². The third-order valence-corrected chi connectivity index (χ3v) is 5.44. The lowest BCUT2D eigenvalue weighted by Gasteiger charge is -2.35. The van der Waals surface area contributed by atoms with Crippen LogP contribution < -0.4 is 0 Å². The fourth-order valence-electron chi connectivity index (χ4n) is 2.55. The number of carbonyl (C=O) groups is 4. The molecule has 0 saturated heterocycles. The molecule has 158 valence electrons. The predicted molar refractivity (Wildman–Crippen MR) is 106 cm³/mol. The number of hydrogen-bond donors (Lipinski definition) is 0. The van der Waals surface area contributed by atoms with E-state index in [1.54, 1.807) is 0 Å². The van der Waals surface area contributed by atoms with Crippen LogP contribution in [0, 0.1) is 0 Å². The number of rotatable bonds is 4. The lowest BCUT2D eigenvalue weighted by atomic mass is 10.0. The maximum absolute atomic E-state index is 11.7. The van der Waals surface area contributed by atoms with E-state index in [1.165, 1.54) is 51.2 Å². The molecule has 0 aliphatic carbocycles. The van der Waals surface area contributed by atoms with Crippen molar-refractivity contribution in [2.75, 3.05) is 23.0 Å². The summed E-state index contributed by atoms with van der Waals surface area (Å²) in [6.45, 7) is 4.89. The average molecular weight is 435 g/mol. The number of ether oxygens (including phenoxy) is 4. The van der Waals surface area contributed by atoms with Gasteiger partial charge in [0.2, 0.25) is 0 Å². The monoisotopic (exact) mass is 434 g/mol. The third kappa shape index (κ3) is 9.50. The maximum Gasteiger partial charge on any atom is 0.303 e. The van der Waals surface area contributed by atoms with Crippen molar-refractivity contribution in [3.05, 3.63) is 12.2 Å². The molecule has 1 aliphatic heterocycles. The van der Waals surface area contributed by atoms with Crippen molar-refractivity contribution in [3.8, 4) is 0 Å². The minimum atomic E-state index is -1.12. The van der Waals surface area contributed by atoms with Crippen molar-refractivity contribution in [1.82, 2.24) is 0 Å².